The number of hydrogen-bond acceptors (Lipinski definition) is 3. The van der Waals surface area contributed by atoms with E-state index in [2.05, 4.69) is 9.97 Å². The van der Waals surface area contributed by atoms with Crippen LogP contribution in [0.3, 0.4) is 0 Å². The van der Waals surface area contributed by atoms with E-state index in [0.717, 1.165) is 5.69 Å². The van der Waals surface area contributed by atoms with Crippen molar-refractivity contribution in [2.24, 2.45) is 0 Å². The molecule has 1 aromatic heterocycles. The maximum Gasteiger partial charge on any atom is 0.222 e. The molecule has 1 aliphatic rings. The lowest BCUT2D eigenvalue weighted by Gasteiger charge is -2.12. The van der Waals surface area contributed by atoms with Gasteiger partial charge in [-0.15, -0.1) is 0 Å². The van der Waals surface area contributed by atoms with Crippen molar-refractivity contribution in [2.75, 3.05) is 0 Å². The number of halogens is 1. The van der Waals surface area contributed by atoms with Gasteiger partial charge in [0.15, 0.2) is 0 Å². The Bertz CT molecular complexity index is 340. The molecule has 2 rings (SSSR count). The van der Waals surface area contributed by atoms with Gasteiger partial charge in [-0.3, -0.25) is 0 Å². The van der Waals surface area contributed by atoms with Crippen LogP contribution in [0.5, 0.6) is 0 Å². The summed E-state index contributed by atoms with van der Waals surface area (Å²) in [6.45, 7) is 2.00. The first-order chi connectivity index (χ1) is 6.27. The average Bonchev–Trinajstić information content (AvgIpc) is 2.51. The fraction of sp³-hybridized carbons (Fsp3) is 0.333. The Kier molecular flexibility index (Phi) is 2.19. The first-order valence-electron chi connectivity index (χ1n) is 4.08. The summed E-state index contributed by atoms with van der Waals surface area (Å²) < 4.78 is 5.28. The smallest absolute Gasteiger partial charge is 0.222 e. The molecule has 0 aromatic carbocycles. The van der Waals surface area contributed by atoms with E-state index < -0.39 is 0 Å². The Labute approximate surface area is 81.4 Å². The van der Waals surface area contributed by atoms with E-state index in [9.17, 15) is 0 Å². The van der Waals surface area contributed by atoms with Crippen molar-refractivity contribution in [3.8, 4) is 0 Å². The van der Waals surface area contributed by atoms with E-state index in [0.29, 0.717) is 0 Å². The second-order valence-electron chi connectivity index (χ2n) is 2.95. The highest BCUT2D eigenvalue weighted by molar-refractivity contribution is 6.28. The molecule has 0 amide bonds. The minimum Gasteiger partial charge on any atom is -0.498 e. The number of aromatic nitrogens is 2. The first-order valence-corrected chi connectivity index (χ1v) is 4.46. The Morgan fingerprint density at radius 2 is 2.38 bits per heavy atom. The summed E-state index contributed by atoms with van der Waals surface area (Å²) in [7, 11) is 0. The van der Waals surface area contributed by atoms with Crippen LogP contribution >= 0.6 is 11.6 Å². The molecule has 2 unspecified atom stereocenters. The molecule has 0 bridgehead atoms. The third-order valence-electron chi connectivity index (χ3n) is 2.07. The van der Waals surface area contributed by atoms with Crippen LogP contribution < -0.4 is 0 Å². The lowest BCUT2D eigenvalue weighted by molar-refractivity contribution is 0.174. The van der Waals surface area contributed by atoms with E-state index in [1.54, 1.807) is 12.5 Å². The third-order valence-corrected chi connectivity index (χ3v) is 2.26. The van der Waals surface area contributed by atoms with Crippen LogP contribution in [0.1, 0.15) is 18.5 Å². The lowest BCUT2D eigenvalue weighted by Crippen LogP contribution is -2.11. The molecule has 13 heavy (non-hydrogen) atoms. The van der Waals surface area contributed by atoms with Crippen LogP contribution in [0.4, 0.5) is 0 Å². The summed E-state index contributed by atoms with van der Waals surface area (Å²) in [5.41, 5.74) is 0.904. The monoisotopic (exact) mass is 196 g/mol. The molecule has 2 heterocycles. The molecule has 68 valence electrons. The van der Waals surface area contributed by atoms with Gasteiger partial charge in [-0.1, -0.05) is 0 Å². The summed E-state index contributed by atoms with van der Waals surface area (Å²) in [5.74, 6) is 0.195. The van der Waals surface area contributed by atoms with Crippen molar-refractivity contribution < 1.29 is 4.74 Å². The molecule has 2 atom stereocenters. The van der Waals surface area contributed by atoms with Gasteiger partial charge in [0.05, 0.1) is 17.9 Å². The second kappa shape index (κ2) is 3.34. The Morgan fingerprint density at radius 3 is 3.00 bits per heavy atom. The van der Waals surface area contributed by atoms with Crippen LogP contribution in [-0.2, 0) is 4.74 Å². The molecule has 0 aliphatic carbocycles. The van der Waals surface area contributed by atoms with E-state index in [4.69, 9.17) is 16.3 Å². The molecule has 0 saturated carbocycles. The maximum absolute atomic E-state index is 5.68. The van der Waals surface area contributed by atoms with Gasteiger partial charge >= 0.3 is 0 Å². The van der Waals surface area contributed by atoms with Crippen LogP contribution in [0.25, 0.3) is 0 Å². The highest BCUT2D eigenvalue weighted by Crippen LogP contribution is 2.26. The summed E-state index contributed by atoms with van der Waals surface area (Å²) >= 11 is 5.68. The van der Waals surface area contributed by atoms with Gasteiger partial charge < -0.3 is 4.74 Å². The molecule has 1 aliphatic heterocycles. The molecule has 0 N–H and O–H groups in total. The summed E-state index contributed by atoms with van der Waals surface area (Å²) in [4.78, 5) is 7.95. The average molecular weight is 197 g/mol. The topological polar surface area (TPSA) is 35.0 Å². The zero-order chi connectivity index (χ0) is 9.26. The molecule has 3 nitrogen and oxygen atoms in total. The van der Waals surface area contributed by atoms with Crippen molar-refractivity contribution in [3.05, 3.63) is 35.6 Å². The molecular formula is C9H9ClN2O. The van der Waals surface area contributed by atoms with Gasteiger partial charge in [0, 0.05) is 6.20 Å². The molecule has 0 radical (unpaired) electrons. The lowest BCUT2D eigenvalue weighted by atomic mass is 10.0. The Morgan fingerprint density at radius 1 is 1.54 bits per heavy atom. The predicted molar refractivity (Wildman–Crippen MR) is 49.5 cm³/mol. The Balaban J connectivity index is 2.29. The summed E-state index contributed by atoms with van der Waals surface area (Å²) in [6, 6.07) is 1.85. The van der Waals surface area contributed by atoms with Crippen molar-refractivity contribution in [3.63, 3.8) is 0 Å². The summed E-state index contributed by atoms with van der Waals surface area (Å²) in [6.07, 6.45) is 5.46. The zero-order valence-corrected chi connectivity index (χ0v) is 7.90. The third kappa shape index (κ3) is 1.65. The number of hydrogen-bond donors (Lipinski definition) is 0. The second-order valence-corrected chi connectivity index (χ2v) is 3.28. The van der Waals surface area contributed by atoms with Gasteiger partial charge in [0.1, 0.15) is 6.10 Å². The van der Waals surface area contributed by atoms with Gasteiger partial charge in [0.25, 0.3) is 0 Å². The number of ether oxygens (including phenoxy) is 1. The van der Waals surface area contributed by atoms with E-state index >= 15 is 0 Å². The maximum atomic E-state index is 5.68. The molecule has 0 saturated heterocycles. The van der Waals surface area contributed by atoms with Gasteiger partial charge in [-0.2, -0.15) is 0 Å². The molecule has 0 spiro atoms. The minimum atomic E-state index is 0.131. The summed E-state index contributed by atoms with van der Waals surface area (Å²) in [5, 5.41) is 0.282. The first kappa shape index (κ1) is 8.51. The predicted octanol–water partition coefficient (Wildman–Crippen LogP) is 2.15. The standard InChI is InChI=1S/C9H9ClN2O/c1-6-7(3-5-13-6)8-2-4-11-9(10)12-8/h2-7H,1H3. The number of nitrogens with zero attached hydrogens (tertiary/aromatic N) is 2. The van der Waals surface area contributed by atoms with Crippen LogP contribution in [0.2, 0.25) is 5.28 Å². The Hall–Kier alpha value is -1.09. The largest absolute Gasteiger partial charge is 0.498 e. The minimum absolute atomic E-state index is 0.131. The molecule has 0 fully saturated rings. The van der Waals surface area contributed by atoms with Crippen LogP contribution in [0, 0.1) is 0 Å². The van der Waals surface area contributed by atoms with E-state index in [1.165, 1.54) is 0 Å². The highest BCUT2D eigenvalue weighted by Gasteiger charge is 2.23. The van der Waals surface area contributed by atoms with Crippen molar-refractivity contribution >= 4 is 11.6 Å². The van der Waals surface area contributed by atoms with Crippen LogP contribution in [0.15, 0.2) is 24.6 Å². The number of rotatable bonds is 1. The van der Waals surface area contributed by atoms with Gasteiger partial charge in [-0.25, -0.2) is 9.97 Å². The quantitative estimate of drug-likeness (QED) is 0.646. The fourth-order valence-electron chi connectivity index (χ4n) is 1.37. The van der Waals surface area contributed by atoms with Crippen LogP contribution in [-0.4, -0.2) is 16.1 Å². The fourth-order valence-corrected chi connectivity index (χ4v) is 1.52. The SMILES string of the molecule is CC1OC=CC1c1ccnc(Cl)n1. The van der Waals surface area contributed by atoms with E-state index in [1.807, 2.05) is 19.1 Å². The van der Waals surface area contributed by atoms with Gasteiger partial charge in [-0.05, 0) is 30.7 Å². The van der Waals surface area contributed by atoms with Gasteiger partial charge in [0.2, 0.25) is 5.28 Å². The molecule has 1 aromatic rings. The molecular weight excluding hydrogens is 188 g/mol. The highest BCUT2D eigenvalue weighted by atomic mass is 35.5. The van der Waals surface area contributed by atoms with E-state index in [-0.39, 0.29) is 17.3 Å². The van der Waals surface area contributed by atoms with Crippen molar-refractivity contribution in [1.82, 2.24) is 9.97 Å². The zero-order valence-electron chi connectivity index (χ0n) is 7.14. The molecule has 4 heteroatoms. The van der Waals surface area contributed by atoms with Crippen molar-refractivity contribution in [1.29, 1.82) is 0 Å². The van der Waals surface area contributed by atoms with Crippen molar-refractivity contribution in [2.45, 2.75) is 18.9 Å². The normalized spacial score (nSPS) is 26.0.